The van der Waals surface area contributed by atoms with E-state index in [1.54, 1.807) is 0 Å². The lowest BCUT2D eigenvalue weighted by Gasteiger charge is -2.36. The first-order valence-corrected chi connectivity index (χ1v) is 9.77. The van der Waals surface area contributed by atoms with Crippen molar-refractivity contribution in [2.45, 2.75) is 39.3 Å². The molecule has 4 rings (SSSR count). The Bertz CT molecular complexity index is 823. The van der Waals surface area contributed by atoms with Crippen molar-refractivity contribution in [3.05, 3.63) is 53.0 Å². The van der Waals surface area contributed by atoms with Crippen molar-refractivity contribution in [1.29, 1.82) is 0 Å². The van der Waals surface area contributed by atoms with E-state index in [1.807, 2.05) is 6.92 Å². The van der Waals surface area contributed by atoms with Crippen LogP contribution >= 0.6 is 0 Å². The van der Waals surface area contributed by atoms with Crippen molar-refractivity contribution in [1.82, 2.24) is 14.9 Å². The van der Waals surface area contributed by atoms with Crippen LogP contribution in [0.25, 0.3) is 0 Å². The van der Waals surface area contributed by atoms with Crippen LogP contribution < -0.4 is 10.6 Å². The monoisotopic (exact) mass is 365 g/mol. The summed E-state index contributed by atoms with van der Waals surface area (Å²) in [5.41, 5.74) is 9.26. The van der Waals surface area contributed by atoms with Crippen LogP contribution in [0.2, 0.25) is 0 Å². The fraction of sp³-hybridized carbons (Fsp3) is 0.476. The number of fused-ring (bicyclic) bond motifs is 1. The number of anilines is 1. The number of rotatable bonds is 4. The van der Waals surface area contributed by atoms with E-state index in [1.165, 1.54) is 11.1 Å². The van der Waals surface area contributed by atoms with Crippen LogP contribution in [0.5, 0.6) is 0 Å². The van der Waals surface area contributed by atoms with Gasteiger partial charge in [-0.25, -0.2) is 9.97 Å². The van der Waals surface area contributed by atoms with E-state index in [2.05, 4.69) is 40.1 Å². The van der Waals surface area contributed by atoms with E-state index in [0.29, 0.717) is 6.54 Å². The molecule has 1 atom stereocenters. The molecule has 0 radical (unpaired) electrons. The van der Waals surface area contributed by atoms with Crippen LogP contribution in [0.3, 0.4) is 0 Å². The number of carbonyl (C=O) groups excluding carboxylic acids is 1. The molecule has 1 fully saturated rings. The van der Waals surface area contributed by atoms with E-state index in [-0.39, 0.29) is 11.8 Å². The molecule has 1 aromatic heterocycles. The third-order valence-electron chi connectivity index (χ3n) is 5.61. The molecule has 0 saturated carbocycles. The number of hydrogen-bond donors (Lipinski definition) is 1. The Morgan fingerprint density at radius 1 is 1.22 bits per heavy atom. The molecule has 6 nitrogen and oxygen atoms in total. The van der Waals surface area contributed by atoms with Crippen molar-refractivity contribution < 1.29 is 4.79 Å². The second-order valence-corrected chi connectivity index (χ2v) is 7.65. The molecule has 0 unspecified atom stereocenters. The number of hydrogen-bond acceptors (Lipinski definition) is 5. The predicted octanol–water partition coefficient (Wildman–Crippen LogP) is 2.05. The molecule has 27 heavy (non-hydrogen) atoms. The largest absolute Gasteiger partial charge is 0.369 e. The Morgan fingerprint density at radius 3 is 2.81 bits per heavy atom. The van der Waals surface area contributed by atoms with Crippen molar-refractivity contribution >= 4 is 11.7 Å². The van der Waals surface area contributed by atoms with Gasteiger partial charge in [-0.3, -0.25) is 9.69 Å². The first-order valence-electron chi connectivity index (χ1n) is 9.77. The highest BCUT2D eigenvalue weighted by molar-refractivity contribution is 5.77. The molecule has 2 N–H and O–H groups in total. The molecule has 3 heterocycles. The smallest absolute Gasteiger partial charge is 0.222 e. The maximum atomic E-state index is 11.7. The summed E-state index contributed by atoms with van der Waals surface area (Å²) >= 11 is 0. The van der Waals surface area contributed by atoms with Gasteiger partial charge in [-0.2, -0.15) is 0 Å². The Labute approximate surface area is 160 Å². The molecule has 1 amide bonds. The summed E-state index contributed by atoms with van der Waals surface area (Å²) in [7, 11) is 0. The van der Waals surface area contributed by atoms with Crippen LogP contribution in [0, 0.1) is 12.8 Å². The Hall–Kier alpha value is -2.47. The van der Waals surface area contributed by atoms with Crippen LogP contribution in [0.15, 0.2) is 30.3 Å². The predicted molar refractivity (Wildman–Crippen MR) is 105 cm³/mol. The van der Waals surface area contributed by atoms with Gasteiger partial charge in [0.1, 0.15) is 11.6 Å². The minimum absolute atomic E-state index is 0.0807. The highest BCUT2D eigenvalue weighted by atomic mass is 16.1. The van der Waals surface area contributed by atoms with E-state index >= 15 is 0 Å². The van der Waals surface area contributed by atoms with Crippen molar-refractivity contribution in [2.75, 3.05) is 24.5 Å². The van der Waals surface area contributed by atoms with E-state index in [0.717, 1.165) is 62.8 Å². The molecule has 2 aliphatic rings. The number of nitrogens with zero attached hydrogens (tertiary/aromatic N) is 4. The van der Waals surface area contributed by atoms with Gasteiger partial charge in [0.2, 0.25) is 5.91 Å². The summed E-state index contributed by atoms with van der Waals surface area (Å²) in [6.45, 7) is 6.33. The van der Waals surface area contributed by atoms with Crippen LogP contribution in [0.4, 0.5) is 5.82 Å². The topological polar surface area (TPSA) is 75.4 Å². The fourth-order valence-electron chi connectivity index (χ4n) is 4.23. The van der Waals surface area contributed by atoms with Crippen molar-refractivity contribution in [3.8, 4) is 0 Å². The summed E-state index contributed by atoms with van der Waals surface area (Å²) in [4.78, 5) is 25.9. The third-order valence-corrected chi connectivity index (χ3v) is 5.61. The number of primary amides is 1. The van der Waals surface area contributed by atoms with Gasteiger partial charge in [0.05, 0.1) is 11.6 Å². The van der Waals surface area contributed by atoms with Gasteiger partial charge in [-0.05, 0) is 31.7 Å². The number of aromatic nitrogens is 2. The number of benzene rings is 1. The second-order valence-electron chi connectivity index (χ2n) is 7.65. The quantitative estimate of drug-likeness (QED) is 0.897. The minimum Gasteiger partial charge on any atom is -0.369 e. The first-order chi connectivity index (χ1) is 13.1. The summed E-state index contributed by atoms with van der Waals surface area (Å²) in [5.74, 6) is 1.53. The molecule has 0 aliphatic carbocycles. The zero-order chi connectivity index (χ0) is 18.8. The van der Waals surface area contributed by atoms with Crippen molar-refractivity contribution in [2.24, 2.45) is 11.7 Å². The maximum absolute atomic E-state index is 11.7. The molecular formula is C21H27N5O. The van der Waals surface area contributed by atoms with E-state index < -0.39 is 0 Å². The lowest BCUT2D eigenvalue weighted by atomic mass is 9.96. The molecule has 0 spiro atoms. The third kappa shape index (κ3) is 3.95. The summed E-state index contributed by atoms with van der Waals surface area (Å²) in [6, 6.07) is 10.6. The van der Waals surface area contributed by atoms with Gasteiger partial charge in [0.25, 0.3) is 0 Å². The summed E-state index contributed by atoms with van der Waals surface area (Å²) in [5, 5.41) is 0. The molecule has 1 aromatic carbocycles. The average Bonchev–Trinajstić information content (AvgIpc) is 2.68. The number of aryl methyl sites for hydroxylation is 1. The number of amides is 1. The number of piperidine rings is 1. The lowest BCUT2D eigenvalue weighted by Crippen LogP contribution is -2.43. The van der Waals surface area contributed by atoms with Crippen LogP contribution in [0.1, 0.15) is 35.5 Å². The zero-order valence-corrected chi connectivity index (χ0v) is 15.9. The Morgan fingerprint density at radius 2 is 2.04 bits per heavy atom. The zero-order valence-electron chi connectivity index (χ0n) is 15.9. The van der Waals surface area contributed by atoms with E-state index in [4.69, 9.17) is 15.7 Å². The minimum atomic E-state index is -0.201. The molecule has 2 aliphatic heterocycles. The van der Waals surface area contributed by atoms with Gasteiger partial charge in [0.15, 0.2) is 0 Å². The standard InChI is InChI=1S/C21H27N5O/c1-15-23-19-14-25(12-16-6-3-2-4-7-16)11-9-18(19)21(24-15)26-10-5-8-17(13-26)20(22)27/h2-4,6-7,17H,5,8-14H2,1H3,(H2,22,27)/t17-/m1/s1. The van der Waals surface area contributed by atoms with Gasteiger partial charge in [-0.1, -0.05) is 30.3 Å². The molecule has 0 bridgehead atoms. The molecule has 2 aromatic rings. The van der Waals surface area contributed by atoms with Gasteiger partial charge in [-0.15, -0.1) is 0 Å². The normalized spacial score (nSPS) is 20.3. The van der Waals surface area contributed by atoms with E-state index in [9.17, 15) is 4.79 Å². The molecule has 6 heteroatoms. The van der Waals surface area contributed by atoms with Gasteiger partial charge >= 0.3 is 0 Å². The summed E-state index contributed by atoms with van der Waals surface area (Å²) < 4.78 is 0. The average molecular weight is 365 g/mol. The first kappa shape index (κ1) is 17.9. The summed E-state index contributed by atoms with van der Waals surface area (Å²) in [6.07, 6.45) is 2.80. The fourth-order valence-corrected chi connectivity index (χ4v) is 4.23. The maximum Gasteiger partial charge on any atom is 0.222 e. The van der Waals surface area contributed by atoms with Crippen LogP contribution in [-0.2, 0) is 24.3 Å². The SMILES string of the molecule is Cc1nc2c(c(N3CCC[C@@H](C(N)=O)C3)n1)CCN(Cc1ccccc1)C2. The Balaban J connectivity index is 1.56. The lowest BCUT2D eigenvalue weighted by molar-refractivity contribution is -0.122. The number of carbonyl (C=O) groups is 1. The van der Waals surface area contributed by atoms with Gasteiger partial charge in [0, 0.05) is 38.3 Å². The molecule has 142 valence electrons. The Kier molecular flexibility index (Phi) is 5.07. The highest BCUT2D eigenvalue weighted by Crippen LogP contribution is 2.30. The van der Waals surface area contributed by atoms with Crippen LogP contribution in [-0.4, -0.2) is 40.4 Å². The second kappa shape index (κ2) is 7.64. The van der Waals surface area contributed by atoms with Gasteiger partial charge < -0.3 is 10.6 Å². The van der Waals surface area contributed by atoms with Crippen molar-refractivity contribution in [3.63, 3.8) is 0 Å². The molecular weight excluding hydrogens is 338 g/mol. The highest BCUT2D eigenvalue weighted by Gasteiger charge is 2.29. The number of nitrogens with two attached hydrogens (primary N) is 1. The molecule has 1 saturated heterocycles.